The molecular formula is C19H20N2O2. The minimum absolute atomic E-state index is 0.0880. The Balaban J connectivity index is 1.95. The van der Waals surface area contributed by atoms with Gasteiger partial charge in [0, 0.05) is 13.6 Å². The van der Waals surface area contributed by atoms with Crippen LogP contribution in [0.4, 0.5) is 0 Å². The molecule has 23 heavy (non-hydrogen) atoms. The molecule has 0 bridgehead atoms. The van der Waals surface area contributed by atoms with Crippen molar-refractivity contribution >= 4 is 5.91 Å². The van der Waals surface area contributed by atoms with Crippen molar-refractivity contribution in [3.8, 4) is 11.8 Å². The Labute approximate surface area is 136 Å². The van der Waals surface area contributed by atoms with Crippen molar-refractivity contribution in [3.63, 3.8) is 0 Å². The molecule has 118 valence electrons. The Bertz CT molecular complexity index is 700. The number of nitrogens with zero attached hydrogens (tertiary/aromatic N) is 2. The van der Waals surface area contributed by atoms with E-state index in [2.05, 4.69) is 6.07 Å². The van der Waals surface area contributed by atoms with E-state index in [0.717, 1.165) is 11.1 Å². The Morgan fingerprint density at radius 2 is 1.78 bits per heavy atom. The van der Waals surface area contributed by atoms with E-state index in [9.17, 15) is 4.79 Å². The third-order valence-electron chi connectivity index (χ3n) is 3.56. The van der Waals surface area contributed by atoms with Crippen molar-refractivity contribution in [1.29, 1.82) is 5.26 Å². The molecule has 2 aromatic rings. The summed E-state index contributed by atoms with van der Waals surface area (Å²) in [6, 6.07) is 16.9. The molecule has 1 amide bonds. The molecule has 2 rings (SSSR count). The second kappa shape index (κ2) is 7.46. The third-order valence-corrected chi connectivity index (χ3v) is 3.56. The fourth-order valence-corrected chi connectivity index (χ4v) is 2.22. The number of amides is 1. The highest BCUT2D eigenvalue weighted by Gasteiger charge is 2.19. The zero-order valence-electron chi connectivity index (χ0n) is 13.6. The smallest absolute Gasteiger partial charge is 0.263 e. The fraction of sp³-hybridized carbons (Fsp3) is 0.263. The lowest BCUT2D eigenvalue weighted by molar-refractivity contribution is -0.137. The molecule has 0 fully saturated rings. The number of benzene rings is 2. The molecule has 0 aliphatic heterocycles. The van der Waals surface area contributed by atoms with E-state index in [1.165, 1.54) is 0 Å². The molecule has 2 aromatic carbocycles. The number of carbonyl (C=O) groups is 1. The van der Waals surface area contributed by atoms with E-state index >= 15 is 0 Å². The van der Waals surface area contributed by atoms with Crippen LogP contribution < -0.4 is 4.74 Å². The summed E-state index contributed by atoms with van der Waals surface area (Å²) in [6.45, 7) is 4.23. The van der Waals surface area contributed by atoms with Crippen molar-refractivity contribution in [2.24, 2.45) is 0 Å². The maximum absolute atomic E-state index is 12.4. The molecule has 0 aliphatic rings. The van der Waals surface area contributed by atoms with Crippen LogP contribution in [-0.2, 0) is 11.3 Å². The summed E-state index contributed by atoms with van der Waals surface area (Å²) in [4.78, 5) is 14.0. The van der Waals surface area contributed by atoms with Crippen molar-refractivity contribution in [1.82, 2.24) is 4.90 Å². The lowest BCUT2D eigenvalue weighted by atomic mass is 10.1. The summed E-state index contributed by atoms with van der Waals surface area (Å²) < 4.78 is 5.69. The van der Waals surface area contributed by atoms with E-state index in [0.29, 0.717) is 17.9 Å². The summed E-state index contributed by atoms with van der Waals surface area (Å²) in [7, 11) is 1.75. The number of carbonyl (C=O) groups excluding carboxylic acids is 1. The quantitative estimate of drug-likeness (QED) is 0.851. The van der Waals surface area contributed by atoms with Crippen molar-refractivity contribution in [2.45, 2.75) is 26.5 Å². The van der Waals surface area contributed by atoms with Crippen molar-refractivity contribution < 1.29 is 9.53 Å². The zero-order valence-corrected chi connectivity index (χ0v) is 13.6. The maximum Gasteiger partial charge on any atom is 0.263 e. The van der Waals surface area contributed by atoms with Gasteiger partial charge < -0.3 is 9.64 Å². The van der Waals surface area contributed by atoms with E-state index in [4.69, 9.17) is 10.00 Å². The minimum atomic E-state index is -0.555. The standard InChI is InChI=1S/C19H20N2O2/c1-14-4-10-18(11-5-14)23-15(2)19(22)21(3)13-17-8-6-16(12-20)7-9-17/h4-11,15H,13H2,1-3H3. The average molecular weight is 308 g/mol. The third kappa shape index (κ3) is 4.58. The summed E-state index contributed by atoms with van der Waals surface area (Å²) in [6.07, 6.45) is -0.555. The van der Waals surface area contributed by atoms with Gasteiger partial charge in [-0.05, 0) is 43.7 Å². The van der Waals surface area contributed by atoms with Gasteiger partial charge in [-0.25, -0.2) is 0 Å². The molecule has 0 N–H and O–H groups in total. The number of ether oxygens (including phenoxy) is 1. The van der Waals surface area contributed by atoms with Gasteiger partial charge in [0.1, 0.15) is 5.75 Å². The summed E-state index contributed by atoms with van der Waals surface area (Å²) in [5.41, 5.74) is 2.73. The number of hydrogen-bond acceptors (Lipinski definition) is 3. The molecule has 1 unspecified atom stereocenters. The second-order valence-electron chi connectivity index (χ2n) is 5.58. The Morgan fingerprint density at radius 3 is 2.35 bits per heavy atom. The number of hydrogen-bond donors (Lipinski definition) is 0. The van der Waals surface area contributed by atoms with E-state index in [1.807, 2.05) is 43.3 Å². The highest BCUT2D eigenvalue weighted by atomic mass is 16.5. The van der Waals surface area contributed by atoms with Gasteiger partial charge in [-0.1, -0.05) is 29.8 Å². The van der Waals surface area contributed by atoms with Crippen LogP contribution in [0.5, 0.6) is 5.75 Å². The Kier molecular flexibility index (Phi) is 5.37. The molecule has 0 radical (unpaired) electrons. The number of nitriles is 1. The van der Waals surface area contributed by atoms with Crippen LogP contribution in [-0.4, -0.2) is 24.0 Å². The van der Waals surface area contributed by atoms with E-state index < -0.39 is 6.10 Å². The van der Waals surface area contributed by atoms with Crippen molar-refractivity contribution in [3.05, 3.63) is 65.2 Å². The normalized spacial score (nSPS) is 11.4. The predicted molar refractivity (Wildman–Crippen MR) is 88.9 cm³/mol. The zero-order chi connectivity index (χ0) is 16.8. The molecule has 0 aromatic heterocycles. The first kappa shape index (κ1) is 16.6. The fourth-order valence-electron chi connectivity index (χ4n) is 2.22. The summed E-state index contributed by atoms with van der Waals surface area (Å²) in [5.74, 6) is 0.596. The Hall–Kier alpha value is -2.80. The number of likely N-dealkylation sites (N-methyl/N-ethyl adjacent to an activating group) is 1. The minimum Gasteiger partial charge on any atom is -0.481 e. The van der Waals surface area contributed by atoms with E-state index in [1.54, 1.807) is 31.0 Å². The first-order valence-electron chi connectivity index (χ1n) is 7.47. The molecule has 1 atom stereocenters. The van der Waals surface area contributed by atoms with Crippen LogP contribution in [0.3, 0.4) is 0 Å². The van der Waals surface area contributed by atoms with Gasteiger partial charge in [0.15, 0.2) is 6.10 Å². The monoisotopic (exact) mass is 308 g/mol. The highest BCUT2D eigenvalue weighted by Crippen LogP contribution is 2.15. The largest absolute Gasteiger partial charge is 0.481 e. The predicted octanol–water partition coefficient (Wildman–Crippen LogP) is 3.29. The molecule has 0 saturated heterocycles. The topological polar surface area (TPSA) is 53.3 Å². The SMILES string of the molecule is Cc1ccc(OC(C)C(=O)N(C)Cc2ccc(C#N)cc2)cc1. The summed E-state index contributed by atoms with van der Waals surface area (Å²) >= 11 is 0. The molecule has 4 nitrogen and oxygen atoms in total. The maximum atomic E-state index is 12.4. The second-order valence-corrected chi connectivity index (χ2v) is 5.58. The molecule has 0 spiro atoms. The van der Waals surface area contributed by atoms with Gasteiger partial charge in [0.25, 0.3) is 5.91 Å². The number of aryl methyl sites for hydroxylation is 1. The molecule has 0 saturated carbocycles. The molecular weight excluding hydrogens is 288 g/mol. The van der Waals surface area contributed by atoms with E-state index in [-0.39, 0.29) is 5.91 Å². The van der Waals surface area contributed by atoms with Crippen LogP contribution in [0.2, 0.25) is 0 Å². The molecule has 4 heteroatoms. The van der Waals surface area contributed by atoms with Gasteiger partial charge in [-0.15, -0.1) is 0 Å². The average Bonchev–Trinajstić information content (AvgIpc) is 2.56. The number of rotatable bonds is 5. The van der Waals surface area contributed by atoms with Crippen LogP contribution in [0, 0.1) is 18.3 Å². The van der Waals surface area contributed by atoms with Gasteiger partial charge in [0.05, 0.1) is 11.6 Å². The van der Waals surface area contributed by atoms with Gasteiger partial charge in [-0.2, -0.15) is 5.26 Å². The lowest BCUT2D eigenvalue weighted by Crippen LogP contribution is -2.37. The van der Waals surface area contributed by atoms with Gasteiger partial charge in [-0.3, -0.25) is 4.79 Å². The van der Waals surface area contributed by atoms with Crippen molar-refractivity contribution in [2.75, 3.05) is 7.05 Å². The first-order chi connectivity index (χ1) is 11.0. The van der Waals surface area contributed by atoms with Crippen LogP contribution >= 0.6 is 0 Å². The Morgan fingerprint density at radius 1 is 1.17 bits per heavy atom. The highest BCUT2D eigenvalue weighted by molar-refractivity contribution is 5.80. The molecule has 0 heterocycles. The lowest BCUT2D eigenvalue weighted by Gasteiger charge is -2.22. The van der Waals surface area contributed by atoms with Crippen LogP contribution in [0.15, 0.2) is 48.5 Å². The first-order valence-corrected chi connectivity index (χ1v) is 7.47. The van der Waals surface area contributed by atoms with Crippen LogP contribution in [0.1, 0.15) is 23.6 Å². The summed E-state index contributed by atoms with van der Waals surface area (Å²) in [5, 5.41) is 8.80. The molecule has 0 aliphatic carbocycles. The van der Waals surface area contributed by atoms with Gasteiger partial charge >= 0.3 is 0 Å². The van der Waals surface area contributed by atoms with Crippen LogP contribution in [0.25, 0.3) is 0 Å². The van der Waals surface area contributed by atoms with Gasteiger partial charge in [0.2, 0.25) is 0 Å².